The highest BCUT2D eigenvalue weighted by Gasteiger charge is 2.27. The molecule has 3 amide bonds. The first-order valence-electron chi connectivity index (χ1n) is 14.5. The summed E-state index contributed by atoms with van der Waals surface area (Å²) < 4.78 is 13.6. The molecule has 1 aliphatic heterocycles. The maximum atomic E-state index is 13.7. The van der Waals surface area contributed by atoms with Crippen LogP contribution in [-0.4, -0.2) is 76.5 Å². The smallest absolute Gasteiger partial charge is 0.242 e. The van der Waals surface area contributed by atoms with Gasteiger partial charge in [-0.15, -0.1) is 0 Å². The lowest BCUT2D eigenvalue weighted by Gasteiger charge is -2.26. The average Bonchev–Trinajstić information content (AvgIpc) is 3.58. The first kappa shape index (κ1) is 29.7. The number of amides is 3. The number of hydrogen-bond donors (Lipinski definition) is 3. The summed E-state index contributed by atoms with van der Waals surface area (Å²) in [5.41, 5.74) is 3.55. The Hall–Kier alpha value is -4.80. The van der Waals surface area contributed by atoms with Crippen LogP contribution in [-0.2, 0) is 27.3 Å². The summed E-state index contributed by atoms with van der Waals surface area (Å²) in [5.74, 6) is 0.664. The van der Waals surface area contributed by atoms with Crippen molar-refractivity contribution in [2.24, 2.45) is 5.92 Å². The van der Waals surface area contributed by atoms with E-state index in [9.17, 15) is 14.4 Å². The molecule has 2 aromatic carbocycles. The van der Waals surface area contributed by atoms with Gasteiger partial charge in [0.2, 0.25) is 17.7 Å². The zero-order chi connectivity index (χ0) is 30.5. The SMILES string of the molecule is COc1ccc2cc1OCCN(C(=O)Cc1c(C)[nH]c3ccccc13)CC(=O)N[C@H](C(C)C)C(=O)NCCn1ccnc1-2. The molecule has 0 saturated heterocycles. The first-order chi connectivity index (χ1) is 20.7. The van der Waals surface area contributed by atoms with Crippen molar-refractivity contribution in [1.29, 1.82) is 0 Å². The van der Waals surface area contributed by atoms with Crippen LogP contribution in [0.4, 0.5) is 0 Å². The molecule has 0 saturated carbocycles. The van der Waals surface area contributed by atoms with Gasteiger partial charge in [-0.1, -0.05) is 32.0 Å². The Kier molecular flexibility index (Phi) is 8.98. The van der Waals surface area contributed by atoms with Crippen LogP contribution in [0.25, 0.3) is 22.3 Å². The summed E-state index contributed by atoms with van der Waals surface area (Å²) in [4.78, 5) is 49.5. The van der Waals surface area contributed by atoms with Crippen LogP contribution in [0.1, 0.15) is 25.1 Å². The van der Waals surface area contributed by atoms with Crippen molar-refractivity contribution >= 4 is 28.6 Å². The summed E-state index contributed by atoms with van der Waals surface area (Å²) in [6, 6.07) is 12.6. The van der Waals surface area contributed by atoms with Gasteiger partial charge < -0.3 is 34.6 Å². The molecule has 4 aromatic rings. The molecule has 2 aromatic heterocycles. The van der Waals surface area contributed by atoms with Crippen LogP contribution in [0, 0.1) is 12.8 Å². The highest BCUT2D eigenvalue weighted by molar-refractivity contribution is 5.93. The Labute approximate surface area is 250 Å². The highest BCUT2D eigenvalue weighted by atomic mass is 16.5. The number of carbonyl (C=O) groups excluding carboxylic acids is 3. The molecule has 3 heterocycles. The van der Waals surface area contributed by atoms with Gasteiger partial charge in [-0.05, 0) is 42.7 Å². The number of nitrogens with one attached hydrogen (secondary N) is 3. The minimum Gasteiger partial charge on any atom is -0.493 e. The molecule has 1 atom stereocenters. The number of aryl methyl sites for hydroxylation is 1. The predicted molar refractivity (Wildman–Crippen MR) is 163 cm³/mol. The van der Waals surface area contributed by atoms with Gasteiger partial charge in [-0.3, -0.25) is 14.4 Å². The summed E-state index contributed by atoms with van der Waals surface area (Å²) in [7, 11) is 1.57. The Morgan fingerprint density at radius 1 is 1.16 bits per heavy atom. The second kappa shape index (κ2) is 13.0. The molecular formula is C32H38N6O5. The lowest BCUT2D eigenvalue weighted by molar-refractivity contribution is -0.137. The first-order valence-corrected chi connectivity index (χ1v) is 14.5. The number of imidazole rings is 1. The molecule has 3 N–H and O–H groups in total. The fourth-order valence-corrected chi connectivity index (χ4v) is 5.40. The molecule has 1 aliphatic rings. The molecule has 5 rings (SSSR count). The number of ether oxygens (including phenoxy) is 2. The van der Waals surface area contributed by atoms with Gasteiger partial charge >= 0.3 is 0 Å². The molecule has 0 unspecified atom stereocenters. The van der Waals surface area contributed by atoms with Gasteiger partial charge in [0, 0.05) is 47.6 Å². The third-order valence-corrected chi connectivity index (χ3v) is 7.72. The third kappa shape index (κ3) is 6.66. The molecule has 0 fully saturated rings. The highest BCUT2D eigenvalue weighted by Crippen LogP contribution is 2.32. The topological polar surface area (TPSA) is 131 Å². The largest absolute Gasteiger partial charge is 0.493 e. The summed E-state index contributed by atoms with van der Waals surface area (Å²) >= 11 is 0. The van der Waals surface area contributed by atoms with E-state index in [1.165, 1.54) is 4.90 Å². The lowest BCUT2D eigenvalue weighted by atomic mass is 10.0. The summed E-state index contributed by atoms with van der Waals surface area (Å²) in [6.07, 6.45) is 3.66. The van der Waals surface area contributed by atoms with Crippen LogP contribution < -0.4 is 20.1 Å². The molecule has 0 aliphatic carbocycles. The number of rotatable bonds is 4. The number of aromatic amines is 1. The van der Waals surface area contributed by atoms with Crippen LogP contribution >= 0.6 is 0 Å². The van der Waals surface area contributed by atoms with Gasteiger partial charge in [-0.2, -0.15) is 0 Å². The number of hydrogen-bond acceptors (Lipinski definition) is 6. The fourth-order valence-electron chi connectivity index (χ4n) is 5.40. The molecular weight excluding hydrogens is 548 g/mol. The van der Waals surface area contributed by atoms with E-state index >= 15 is 0 Å². The van der Waals surface area contributed by atoms with Crippen LogP contribution in [0.3, 0.4) is 0 Å². The molecule has 0 spiro atoms. The van der Waals surface area contributed by atoms with Crippen LogP contribution in [0.5, 0.6) is 11.5 Å². The fraction of sp³-hybridized carbons (Fsp3) is 0.375. The number of carbonyl (C=O) groups is 3. The van der Waals surface area contributed by atoms with E-state index in [-0.39, 0.29) is 43.8 Å². The number of methoxy groups -OCH3 is 1. The molecule has 43 heavy (non-hydrogen) atoms. The van der Waals surface area contributed by atoms with Gasteiger partial charge in [0.1, 0.15) is 18.5 Å². The van der Waals surface area contributed by atoms with Gasteiger partial charge in [0.15, 0.2) is 11.5 Å². The van der Waals surface area contributed by atoms with Crippen LogP contribution in [0.2, 0.25) is 0 Å². The number of nitrogens with zero attached hydrogens (tertiary/aromatic N) is 3. The van der Waals surface area contributed by atoms with E-state index in [2.05, 4.69) is 20.6 Å². The Balaban J connectivity index is 1.45. The summed E-state index contributed by atoms with van der Waals surface area (Å²) in [5, 5.41) is 6.76. The molecule has 0 radical (unpaired) electrons. The van der Waals surface area contributed by atoms with Gasteiger partial charge in [-0.25, -0.2) is 4.98 Å². The standard InChI is InChI=1S/C32H38N6O5/c1-20(2)30-32(41)34-12-14-37-13-11-33-31(37)22-9-10-26(42-4)27(17-22)43-16-15-38(19-28(39)36-30)29(40)18-24-21(3)35-25-8-6-5-7-23(24)25/h5-11,13,17,20,30,35H,12,14-16,18-19H2,1-4H3,(H,34,41)(H,36,39)/t30-/m1/s1. The number of H-pyrrole nitrogens is 1. The predicted octanol–water partition coefficient (Wildman–Crippen LogP) is 3.07. The Morgan fingerprint density at radius 3 is 2.77 bits per heavy atom. The Morgan fingerprint density at radius 2 is 1.98 bits per heavy atom. The second-order valence-electron chi connectivity index (χ2n) is 11.0. The van der Waals surface area contributed by atoms with E-state index in [1.807, 2.05) is 74.0 Å². The normalized spacial score (nSPS) is 16.7. The number of para-hydroxylation sites is 1. The van der Waals surface area contributed by atoms with E-state index in [1.54, 1.807) is 13.3 Å². The number of benzene rings is 2. The molecule has 11 heteroatoms. The molecule has 2 bridgehead atoms. The third-order valence-electron chi connectivity index (χ3n) is 7.72. The molecule has 11 nitrogen and oxygen atoms in total. The Bertz CT molecular complexity index is 1620. The van der Waals surface area contributed by atoms with Crippen molar-refractivity contribution < 1.29 is 23.9 Å². The quantitative estimate of drug-likeness (QED) is 0.337. The van der Waals surface area contributed by atoms with E-state index in [4.69, 9.17) is 9.47 Å². The van der Waals surface area contributed by atoms with E-state index in [0.29, 0.717) is 30.4 Å². The number of aromatic nitrogens is 3. The van der Waals surface area contributed by atoms with Crippen molar-refractivity contribution in [1.82, 2.24) is 30.1 Å². The zero-order valence-corrected chi connectivity index (χ0v) is 25.0. The van der Waals surface area contributed by atoms with Crippen molar-refractivity contribution in [2.45, 2.75) is 39.8 Å². The van der Waals surface area contributed by atoms with Crippen molar-refractivity contribution in [2.75, 3.05) is 33.4 Å². The second-order valence-corrected chi connectivity index (χ2v) is 11.0. The average molecular weight is 587 g/mol. The number of fused-ring (bicyclic) bond motifs is 5. The van der Waals surface area contributed by atoms with Crippen LogP contribution in [0.15, 0.2) is 54.9 Å². The monoisotopic (exact) mass is 586 g/mol. The van der Waals surface area contributed by atoms with Gasteiger partial charge in [0.05, 0.1) is 26.6 Å². The maximum absolute atomic E-state index is 13.7. The van der Waals surface area contributed by atoms with Crippen molar-refractivity contribution in [3.63, 3.8) is 0 Å². The van der Waals surface area contributed by atoms with Crippen molar-refractivity contribution in [3.8, 4) is 22.9 Å². The van der Waals surface area contributed by atoms with Crippen molar-refractivity contribution in [3.05, 3.63) is 66.1 Å². The minimum absolute atomic E-state index is 0.110. The zero-order valence-electron chi connectivity index (χ0n) is 25.0. The lowest BCUT2D eigenvalue weighted by Crippen LogP contribution is -2.53. The minimum atomic E-state index is -0.756. The van der Waals surface area contributed by atoms with E-state index in [0.717, 1.165) is 27.7 Å². The summed E-state index contributed by atoms with van der Waals surface area (Å²) in [6.45, 7) is 6.56. The molecule has 226 valence electrons. The van der Waals surface area contributed by atoms with Gasteiger partial charge in [0.25, 0.3) is 0 Å². The maximum Gasteiger partial charge on any atom is 0.242 e. The van der Waals surface area contributed by atoms with E-state index < -0.39 is 11.9 Å².